The van der Waals surface area contributed by atoms with E-state index in [0.29, 0.717) is 17.1 Å². The van der Waals surface area contributed by atoms with Gasteiger partial charge < -0.3 is 10.7 Å². The number of rotatable bonds is 3. The first-order chi connectivity index (χ1) is 7.68. The number of hydrogen-bond donors (Lipinski definition) is 2. The van der Waals surface area contributed by atoms with Crippen molar-refractivity contribution in [3.05, 3.63) is 40.9 Å². The van der Waals surface area contributed by atoms with Crippen LogP contribution in [0.15, 0.2) is 30.3 Å². The zero-order valence-corrected chi connectivity index (χ0v) is 9.74. The summed E-state index contributed by atoms with van der Waals surface area (Å²) < 4.78 is 1.81. The zero-order valence-electron chi connectivity index (χ0n) is 8.92. The summed E-state index contributed by atoms with van der Waals surface area (Å²) >= 11 is 4.95. The van der Waals surface area contributed by atoms with E-state index in [4.69, 9.17) is 18.1 Å². The Balaban J connectivity index is 2.17. The van der Waals surface area contributed by atoms with E-state index in [1.807, 2.05) is 42.3 Å². The summed E-state index contributed by atoms with van der Waals surface area (Å²) in [6, 6.07) is 10.0. The molecule has 84 valence electrons. The number of nitrogen functional groups attached to an aromatic ring is 1. The summed E-state index contributed by atoms with van der Waals surface area (Å²) in [5.41, 5.74) is 1.11. The molecule has 3 N–H and O–H groups in total. The number of nitrogens with one attached hydrogen (secondary N) is 1. The molecule has 0 amide bonds. The first kappa shape index (κ1) is 10.7. The quantitative estimate of drug-likeness (QED) is 0.621. The van der Waals surface area contributed by atoms with Gasteiger partial charge in [-0.25, -0.2) is 4.68 Å². The Labute approximate surface area is 98.5 Å². The average Bonchev–Trinajstić information content (AvgIpc) is 2.62. The molecule has 2 aromatic rings. The predicted molar refractivity (Wildman–Crippen MR) is 66.1 cm³/mol. The normalized spacial score (nSPS) is 10.3. The van der Waals surface area contributed by atoms with Crippen LogP contribution in [-0.4, -0.2) is 21.9 Å². The Morgan fingerprint density at radius 3 is 2.69 bits per heavy atom. The van der Waals surface area contributed by atoms with Crippen LogP contribution in [0.25, 0.3) is 0 Å². The molecule has 1 aromatic carbocycles. The van der Waals surface area contributed by atoms with Crippen LogP contribution >= 0.6 is 12.2 Å². The highest BCUT2D eigenvalue weighted by molar-refractivity contribution is 7.71. The molecule has 1 aromatic heterocycles. The molecule has 0 aliphatic carbocycles. The minimum atomic E-state index is 0.427. The molecule has 0 atom stereocenters. The van der Waals surface area contributed by atoms with Crippen molar-refractivity contribution < 1.29 is 0 Å². The van der Waals surface area contributed by atoms with Crippen molar-refractivity contribution in [2.45, 2.75) is 6.54 Å². The maximum absolute atomic E-state index is 5.72. The van der Waals surface area contributed by atoms with Crippen molar-refractivity contribution in [3.8, 4) is 0 Å². The number of aromatic amines is 1. The molecule has 0 fully saturated rings. The third-order valence-electron chi connectivity index (χ3n) is 2.35. The number of benzene rings is 1. The molecule has 6 heteroatoms. The molecule has 0 saturated heterocycles. The molecule has 0 unspecified atom stereocenters. The number of H-pyrrole nitrogens is 1. The molecule has 0 saturated carbocycles. The molecule has 16 heavy (non-hydrogen) atoms. The zero-order chi connectivity index (χ0) is 11.5. The Hall–Kier alpha value is -1.82. The number of hydrogen-bond acceptors (Lipinski definition) is 4. The van der Waals surface area contributed by atoms with Gasteiger partial charge in [-0.3, -0.25) is 5.10 Å². The minimum absolute atomic E-state index is 0.427. The lowest BCUT2D eigenvalue weighted by molar-refractivity contribution is 0.787. The number of nitrogens with two attached hydrogens (primary N) is 1. The standard InChI is InChI=1S/C10H13N5S/c1-14(8-5-3-2-4-6-8)7-9-12-13-10(16)15(9)11/h2-6H,7,11H2,1H3,(H,13,16). The highest BCUT2D eigenvalue weighted by Crippen LogP contribution is 2.12. The molecule has 0 radical (unpaired) electrons. The number of aromatic nitrogens is 3. The van der Waals surface area contributed by atoms with Crippen molar-refractivity contribution in [2.75, 3.05) is 17.8 Å². The summed E-state index contributed by atoms with van der Waals surface area (Å²) in [7, 11) is 1.98. The second-order valence-corrected chi connectivity index (χ2v) is 3.89. The van der Waals surface area contributed by atoms with Crippen LogP contribution in [0.2, 0.25) is 0 Å². The fourth-order valence-corrected chi connectivity index (χ4v) is 1.59. The summed E-state index contributed by atoms with van der Waals surface area (Å²) in [6.45, 7) is 0.605. The minimum Gasteiger partial charge on any atom is -0.367 e. The van der Waals surface area contributed by atoms with Crippen LogP contribution in [0.5, 0.6) is 0 Å². The molecule has 0 aliphatic heterocycles. The van der Waals surface area contributed by atoms with E-state index in [-0.39, 0.29) is 0 Å². The van der Waals surface area contributed by atoms with E-state index in [1.165, 1.54) is 4.68 Å². The van der Waals surface area contributed by atoms with Gasteiger partial charge in [-0.1, -0.05) is 18.2 Å². The first-order valence-corrected chi connectivity index (χ1v) is 5.27. The Morgan fingerprint density at radius 2 is 2.12 bits per heavy atom. The Kier molecular flexibility index (Phi) is 2.91. The Morgan fingerprint density at radius 1 is 1.44 bits per heavy atom. The van der Waals surface area contributed by atoms with E-state index in [9.17, 15) is 0 Å². The predicted octanol–water partition coefficient (Wildman–Crippen LogP) is 1.29. The topological polar surface area (TPSA) is 62.9 Å². The summed E-state index contributed by atoms with van der Waals surface area (Å²) in [4.78, 5) is 2.05. The fraction of sp³-hybridized carbons (Fsp3) is 0.200. The highest BCUT2D eigenvalue weighted by atomic mass is 32.1. The smallest absolute Gasteiger partial charge is 0.214 e. The molecule has 0 aliphatic rings. The van der Waals surface area contributed by atoms with E-state index in [0.717, 1.165) is 5.69 Å². The van der Waals surface area contributed by atoms with Gasteiger partial charge >= 0.3 is 0 Å². The number of para-hydroxylation sites is 1. The summed E-state index contributed by atoms with van der Waals surface area (Å²) in [6.07, 6.45) is 0. The lowest BCUT2D eigenvalue weighted by Crippen LogP contribution is -2.22. The van der Waals surface area contributed by atoms with Crippen LogP contribution in [0, 0.1) is 4.77 Å². The van der Waals surface area contributed by atoms with Crippen LogP contribution in [0.1, 0.15) is 5.82 Å². The van der Waals surface area contributed by atoms with Gasteiger partial charge in [-0.15, -0.1) is 0 Å². The second kappa shape index (κ2) is 4.36. The van der Waals surface area contributed by atoms with Gasteiger partial charge in [0.2, 0.25) is 4.77 Å². The average molecular weight is 235 g/mol. The van der Waals surface area contributed by atoms with E-state index in [2.05, 4.69) is 10.2 Å². The number of nitrogens with zero attached hydrogens (tertiary/aromatic N) is 3. The van der Waals surface area contributed by atoms with Gasteiger partial charge in [-0.2, -0.15) is 5.10 Å². The van der Waals surface area contributed by atoms with Gasteiger partial charge in [0, 0.05) is 12.7 Å². The van der Waals surface area contributed by atoms with Crippen LogP contribution in [0.3, 0.4) is 0 Å². The van der Waals surface area contributed by atoms with Gasteiger partial charge in [0.05, 0.1) is 6.54 Å². The maximum Gasteiger partial charge on any atom is 0.214 e. The fourth-order valence-electron chi connectivity index (χ4n) is 1.43. The van der Waals surface area contributed by atoms with Crippen molar-refractivity contribution in [1.82, 2.24) is 14.9 Å². The second-order valence-electron chi connectivity index (χ2n) is 3.51. The van der Waals surface area contributed by atoms with Crippen LogP contribution < -0.4 is 10.7 Å². The van der Waals surface area contributed by atoms with Crippen LogP contribution in [-0.2, 0) is 6.54 Å². The SMILES string of the molecule is CN(Cc1n[nH]c(=S)n1N)c1ccccc1. The monoisotopic (exact) mass is 235 g/mol. The van der Waals surface area contributed by atoms with Gasteiger partial charge in [-0.05, 0) is 24.4 Å². The highest BCUT2D eigenvalue weighted by Gasteiger charge is 2.07. The molecule has 0 spiro atoms. The summed E-state index contributed by atoms with van der Waals surface area (Å²) in [5.74, 6) is 6.43. The molecular formula is C10H13N5S. The number of anilines is 1. The third-order valence-corrected chi connectivity index (χ3v) is 2.64. The van der Waals surface area contributed by atoms with E-state index < -0.39 is 0 Å². The summed E-state index contributed by atoms with van der Waals surface area (Å²) in [5, 5.41) is 6.72. The largest absolute Gasteiger partial charge is 0.367 e. The molecule has 5 nitrogen and oxygen atoms in total. The van der Waals surface area contributed by atoms with Gasteiger partial charge in [0.1, 0.15) is 0 Å². The Bertz CT molecular complexity index is 516. The maximum atomic E-state index is 5.72. The van der Waals surface area contributed by atoms with Crippen molar-refractivity contribution in [2.24, 2.45) is 0 Å². The lowest BCUT2D eigenvalue weighted by Gasteiger charge is -2.17. The van der Waals surface area contributed by atoms with E-state index in [1.54, 1.807) is 0 Å². The molecule has 1 heterocycles. The third kappa shape index (κ3) is 2.06. The van der Waals surface area contributed by atoms with Crippen LogP contribution in [0.4, 0.5) is 5.69 Å². The van der Waals surface area contributed by atoms with Crippen molar-refractivity contribution in [3.63, 3.8) is 0 Å². The first-order valence-electron chi connectivity index (χ1n) is 4.86. The molecule has 2 rings (SSSR count). The molecule has 0 bridgehead atoms. The van der Waals surface area contributed by atoms with Gasteiger partial charge in [0.25, 0.3) is 0 Å². The molecular weight excluding hydrogens is 222 g/mol. The van der Waals surface area contributed by atoms with E-state index >= 15 is 0 Å². The van der Waals surface area contributed by atoms with Crippen molar-refractivity contribution in [1.29, 1.82) is 0 Å². The van der Waals surface area contributed by atoms with Crippen molar-refractivity contribution >= 4 is 17.9 Å². The van der Waals surface area contributed by atoms with Gasteiger partial charge in [0.15, 0.2) is 5.82 Å². The lowest BCUT2D eigenvalue weighted by atomic mass is 10.3.